The molecule has 0 unspecified atom stereocenters. The van der Waals surface area contributed by atoms with Gasteiger partial charge in [0.05, 0.1) is 16.2 Å². The number of aromatic nitrogens is 2. The number of nitrogens with one attached hydrogen (secondary N) is 1. The van der Waals surface area contributed by atoms with Gasteiger partial charge in [-0.25, -0.2) is 17.5 Å². The Morgan fingerprint density at radius 3 is 2.43 bits per heavy atom. The molecular formula is C21H22FN3O4S. The zero-order chi connectivity index (χ0) is 22.3. The fourth-order valence-corrected chi connectivity index (χ4v) is 3.56. The maximum absolute atomic E-state index is 14.2. The van der Waals surface area contributed by atoms with Crippen LogP contribution in [0, 0.1) is 5.82 Å². The molecule has 7 nitrogen and oxygen atoms in total. The van der Waals surface area contributed by atoms with Gasteiger partial charge in [-0.2, -0.15) is 0 Å². The molecule has 2 aromatic carbocycles. The van der Waals surface area contributed by atoms with Crippen molar-refractivity contribution in [1.82, 2.24) is 9.78 Å². The summed E-state index contributed by atoms with van der Waals surface area (Å²) in [6, 6.07) is 9.58. The average molecular weight is 431 g/mol. The number of H-pyrrole nitrogens is 1. The minimum Gasteiger partial charge on any atom is -0.506 e. The van der Waals surface area contributed by atoms with Gasteiger partial charge in [0.2, 0.25) is 0 Å². The first-order valence-electron chi connectivity index (χ1n) is 9.07. The van der Waals surface area contributed by atoms with Crippen molar-refractivity contribution >= 4 is 21.7 Å². The Kier molecular flexibility index (Phi) is 5.42. The van der Waals surface area contributed by atoms with Gasteiger partial charge in [0, 0.05) is 17.9 Å². The Balaban J connectivity index is 2.18. The van der Waals surface area contributed by atoms with Gasteiger partial charge in [-0.1, -0.05) is 32.9 Å². The molecule has 1 aromatic heterocycles. The smallest absolute Gasteiger partial charge is 0.280 e. The molecular weight excluding hydrogens is 409 g/mol. The molecule has 0 saturated heterocycles. The van der Waals surface area contributed by atoms with E-state index in [4.69, 9.17) is 0 Å². The first kappa shape index (κ1) is 21.5. The number of benzene rings is 2. The maximum Gasteiger partial charge on any atom is 0.280 e. The lowest BCUT2D eigenvalue weighted by Gasteiger charge is -2.17. The minimum absolute atomic E-state index is 0.00386. The second-order valence-corrected chi connectivity index (χ2v) is 9.94. The number of nitrogens with zero attached hydrogens (tertiary/aromatic N) is 2. The van der Waals surface area contributed by atoms with Gasteiger partial charge in [-0.05, 0) is 30.3 Å². The Hall–Kier alpha value is -3.20. The molecule has 3 aromatic rings. The number of sulfone groups is 1. The second kappa shape index (κ2) is 7.56. The maximum atomic E-state index is 14.2. The highest BCUT2D eigenvalue weighted by Crippen LogP contribution is 2.30. The van der Waals surface area contributed by atoms with Crippen LogP contribution in [0.1, 0.15) is 32.0 Å². The average Bonchev–Trinajstić information content (AvgIpc) is 2.97. The standard InChI is InChI=1S/C21H22FN3O4S/c1-21(2,3)19-14(20(27)25(24-19)17-8-6-5-7-15(17)22)12-23-16-11-13(30(4,28)29)9-10-18(16)26/h5-12,24,26H,1-4H3. The van der Waals surface area contributed by atoms with Crippen LogP contribution in [0.5, 0.6) is 5.75 Å². The number of para-hydroxylation sites is 1. The zero-order valence-electron chi connectivity index (χ0n) is 17.0. The number of aliphatic imine (C=N–C) groups is 1. The van der Waals surface area contributed by atoms with E-state index in [-0.39, 0.29) is 27.6 Å². The van der Waals surface area contributed by atoms with E-state index >= 15 is 0 Å². The van der Waals surface area contributed by atoms with Crippen LogP contribution in [0.2, 0.25) is 0 Å². The fourth-order valence-electron chi connectivity index (χ4n) is 2.92. The van der Waals surface area contributed by atoms with E-state index in [0.29, 0.717) is 5.69 Å². The summed E-state index contributed by atoms with van der Waals surface area (Å²) in [6.07, 6.45) is 2.29. The van der Waals surface area contributed by atoms with E-state index < -0.39 is 26.6 Å². The third-order valence-electron chi connectivity index (χ3n) is 4.48. The second-order valence-electron chi connectivity index (χ2n) is 7.92. The Morgan fingerprint density at radius 2 is 1.83 bits per heavy atom. The first-order valence-corrected chi connectivity index (χ1v) is 11.0. The van der Waals surface area contributed by atoms with Gasteiger partial charge in [0.15, 0.2) is 9.84 Å². The normalized spacial score (nSPS) is 12.6. The van der Waals surface area contributed by atoms with Crippen molar-refractivity contribution in [2.45, 2.75) is 31.1 Å². The number of aromatic amines is 1. The molecule has 0 aliphatic rings. The molecule has 1 heterocycles. The van der Waals surface area contributed by atoms with Gasteiger partial charge in [-0.3, -0.25) is 14.9 Å². The summed E-state index contributed by atoms with van der Waals surface area (Å²) in [5, 5.41) is 13.0. The fraction of sp³-hybridized carbons (Fsp3) is 0.238. The zero-order valence-corrected chi connectivity index (χ0v) is 17.8. The monoisotopic (exact) mass is 431 g/mol. The highest BCUT2D eigenvalue weighted by molar-refractivity contribution is 7.90. The number of aromatic hydroxyl groups is 1. The van der Waals surface area contributed by atoms with E-state index in [0.717, 1.165) is 10.9 Å². The molecule has 0 saturated carbocycles. The molecule has 0 radical (unpaired) electrons. The minimum atomic E-state index is -3.50. The van der Waals surface area contributed by atoms with Gasteiger partial charge in [0.25, 0.3) is 5.56 Å². The first-order chi connectivity index (χ1) is 13.9. The van der Waals surface area contributed by atoms with Crippen molar-refractivity contribution in [3.8, 4) is 11.4 Å². The van der Waals surface area contributed by atoms with Gasteiger partial charge in [-0.15, -0.1) is 0 Å². The van der Waals surface area contributed by atoms with Crippen molar-refractivity contribution < 1.29 is 17.9 Å². The van der Waals surface area contributed by atoms with Crippen molar-refractivity contribution in [1.29, 1.82) is 0 Å². The topological polar surface area (TPSA) is 105 Å². The Bertz CT molecular complexity index is 1300. The van der Waals surface area contributed by atoms with Crippen LogP contribution >= 0.6 is 0 Å². The molecule has 9 heteroatoms. The molecule has 0 aliphatic heterocycles. The summed E-state index contributed by atoms with van der Waals surface area (Å²) in [4.78, 5) is 17.2. The van der Waals surface area contributed by atoms with Gasteiger partial charge < -0.3 is 5.11 Å². The molecule has 0 fully saturated rings. The molecule has 158 valence electrons. The molecule has 0 bridgehead atoms. The molecule has 0 spiro atoms. The van der Waals surface area contributed by atoms with E-state index in [9.17, 15) is 22.7 Å². The summed E-state index contributed by atoms with van der Waals surface area (Å²) in [7, 11) is -3.50. The van der Waals surface area contributed by atoms with Crippen LogP contribution in [0.3, 0.4) is 0 Å². The number of hydrogen-bond acceptors (Lipinski definition) is 5. The third kappa shape index (κ3) is 4.20. The van der Waals surface area contributed by atoms with Crippen molar-refractivity contribution in [2.24, 2.45) is 4.99 Å². The van der Waals surface area contributed by atoms with Gasteiger partial charge >= 0.3 is 0 Å². The molecule has 3 rings (SSSR count). The van der Waals surface area contributed by atoms with Crippen LogP contribution in [-0.4, -0.2) is 35.8 Å². The third-order valence-corrected chi connectivity index (χ3v) is 5.59. The summed E-state index contributed by atoms with van der Waals surface area (Å²) >= 11 is 0. The van der Waals surface area contributed by atoms with E-state index in [2.05, 4.69) is 10.1 Å². The summed E-state index contributed by atoms with van der Waals surface area (Å²) in [5.74, 6) is -0.802. The lowest BCUT2D eigenvalue weighted by atomic mass is 9.90. The quantitative estimate of drug-likeness (QED) is 0.617. The molecule has 2 N–H and O–H groups in total. The van der Waals surface area contributed by atoms with Crippen molar-refractivity contribution in [3.05, 3.63) is 69.9 Å². The van der Waals surface area contributed by atoms with E-state index in [1.807, 2.05) is 20.8 Å². The van der Waals surface area contributed by atoms with Crippen LogP contribution in [0.25, 0.3) is 5.69 Å². The molecule has 0 amide bonds. The number of hydrogen-bond donors (Lipinski definition) is 2. The highest BCUT2D eigenvalue weighted by Gasteiger charge is 2.25. The van der Waals surface area contributed by atoms with Gasteiger partial charge in [0.1, 0.15) is 22.9 Å². The van der Waals surface area contributed by atoms with Crippen molar-refractivity contribution in [3.63, 3.8) is 0 Å². The summed E-state index contributed by atoms with van der Waals surface area (Å²) < 4.78 is 38.9. The number of halogens is 1. The van der Waals surface area contributed by atoms with Crippen molar-refractivity contribution in [2.75, 3.05) is 6.26 Å². The lowest BCUT2D eigenvalue weighted by molar-refractivity contribution is 0.476. The number of rotatable bonds is 4. The number of phenolic OH excluding ortho intramolecular Hbond substituents is 1. The van der Waals surface area contributed by atoms with Crippen LogP contribution in [-0.2, 0) is 15.3 Å². The summed E-state index contributed by atoms with van der Waals surface area (Å²) in [6.45, 7) is 5.63. The Morgan fingerprint density at radius 1 is 1.17 bits per heavy atom. The largest absolute Gasteiger partial charge is 0.506 e. The molecule has 30 heavy (non-hydrogen) atoms. The van der Waals surface area contributed by atoms with E-state index in [1.165, 1.54) is 42.6 Å². The van der Waals surface area contributed by atoms with E-state index in [1.54, 1.807) is 6.07 Å². The van der Waals surface area contributed by atoms with Crippen LogP contribution in [0.4, 0.5) is 10.1 Å². The predicted molar refractivity (Wildman–Crippen MR) is 114 cm³/mol. The molecule has 0 atom stereocenters. The number of phenols is 1. The predicted octanol–water partition coefficient (Wildman–Crippen LogP) is 3.46. The SMILES string of the molecule is CC(C)(C)c1[nH]n(-c2ccccc2F)c(=O)c1C=Nc1cc(S(C)(=O)=O)ccc1O. The molecule has 0 aliphatic carbocycles. The van der Waals surface area contributed by atoms with Crippen LogP contribution < -0.4 is 5.56 Å². The highest BCUT2D eigenvalue weighted by atomic mass is 32.2. The van der Waals surface area contributed by atoms with Crippen LogP contribution in [0.15, 0.2) is 57.1 Å². The summed E-state index contributed by atoms with van der Waals surface area (Å²) in [5.41, 5.74) is -0.278. The lowest BCUT2D eigenvalue weighted by Crippen LogP contribution is -2.18. The Labute approximate surface area is 173 Å².